The van der Waals surface area contributed by atoms with E-state index in [1.54, 1.807) is 0 Å². The number of benzene rings is 2. The number of nitrogens with zero attached hydrogens (tertiary/aromatic N) is 2. The Morgan fingerprint density at radius 1 is 1.06 bits per heavy atom. The van der Waals surface area contributed by atoms with E-state index < -0.39 is 5.60 Å². The monoisotopic (exact) mass is 416 g/mol. The van der Waals surface area contributed by atoms with E-state index in [0.717, 1.165) is 36.3 Å². The molecule has 0 amide bonds. The van der Waals surface area contributed by atoms with Gasteiger partial charge in [-0.1, -0.05) is 67.4 Å². The lowest BCUT2D eigenvalue weighted by Crippen LogP contribution is -2.30. The van der Waals surface area contributed by atoms with Crippen molar-refractivity contribution in [3.05, 3.63) is 78.1 Å². The average Bonchev–Trinajstić information content (AvgIpc) is 3.41. The van der Waals surface area contributed by atoms with Crippen LogP contribution in [0, 0.1) is 5.92 Å². The SMILES string of the molecule is CC(C)(C)OC(=O)C(c1ccc(Cn2ccnc2-c2ccccc2)cc1)C1CCCC1. The van der Waals surface area contributed by atoms with Crippen LogP contribution < -0.4 is 0 Å². The van der Waals surface area contributed by atoms with Gasteiger partial charge in [-0.3, -0.25) is 4.79 Å². The van der Waals surface area contributed by atoms with Crippen LogP contribution in [0.4, 0.5) is 0 Å². The fourth-order valence-corrected chi connectivity index (χ4v) is 4.57. The highest BCUT2D eigenvalue weighted by atomic mass is 16.6. The second-order valence-electron chi connectivity index (χ2n) is 9.54. The lowest BCUT2D eigenvalue weighted by atomic mass is 9.84. The van der Waals surface area contributed by atoms with Gasteiger partial charge in [0.25, 0.3) is 0 Å². The van der Waals surface area contributed by atoms with Gasteiger partial charge in [0.2, 0.25) is 0 Å². The normalized spacial score (nSPS) is 15.7. The Balaban J connectivity index is 1.54. The number of rotatable bonds is 6. The number of aromatic nitrogens is 2. The Kier molecular flexibility index (Phi) is 6.26. The molecular weight excluding hydrogens is 384 g/mol. The van der Waals surface area contributed by atoms with Gasteiger partial charge in [-0.2, -0.15) is 0 Å². The maximum atomic E-state index is 13.1. The predicted molar refractivity (Wildman–Crippen MR) is 124 cm³/mol. The molecule has 1 aliphatic carbocycles. The summed E-state index contributed by atoms with van der Waals surface area (Å²) in [7, 11) is 0. The minimum Gasteiger partial charge on any atom is -0.459 e. The van der Waals surface area contributed by atoms with Crippen molar-refractivity contribution in [1.29, 1.82) is 0 Å². The van der Waals surface area contributed by atoms with Crippen molar-refractivity contribution in [2.45, 2.75) is 64.5 Å². The molecule has 4 rings (SSSR count). The Morgan fingerprint density at radius 3 is 2.39 bits per heavy atom. The van der Waals surface area contributed by atoms with Crippen LogP contribution in [-0.4, -0.2) is 21.1 Å². The van der Waals surface area contributed by atoms with Gasteiger partial charge in [-0.25, -0.2) is 4.98 Å². The second-order valence-corrected chi connectivity index (χ2v) is 9.54. The van der Waals surface area contributed by atoms with Gasteiger partial charge in [0.15, 0.2) is 0 Å². The molecule has 1 aromatic heterocycles. The van der Waals surface area contributed by atoms with Crippen molar-refractivity contribution in [1.82, 2.24) is 9.55 Å². The number of carbonyl (C=O) groups is 1. The number of imidazole rings is 1. The van der Waals surface area contributed by atoms with Crippen molar-refractivity contribution in [2.24, 2.45) is 5.92 Å². The molecule has 0 N–H and O–H groups in total. The van der Waals surface area contributed by atoms with Crippen LogP contribution in [0.5, 0.6) is 0 Å². The van der Waals surface area contributed by atoms with Crippen molar-refractivity contribution in [3.63, 3.8) is 0 Å². The molecular formula is C27H32N2O2. The molecule has 1 unspecified atom stereocenters. The molecule has 0 saturated heterocycles. The van der Waals surface area contributed by atoms with E-state index in [1.165, 1.54) is 18.4 Å². The molecule has 31 heavy (non-hydrogen) atoms. The van der Waals surface area contributed by atoms with E-state index in [9.17, 15) is 4.79 Å². The van der Waals surface area contributed by atoms with E-state index in [0.29, 0.717) is 5.92 Å². The van der Waals surface area contributed by atoms with Gasteiger partial charge >= 0.3 is 5.97 Å². The maximum absolute atomic E-state index is 13.1. The second kappa shape index (κ2) is 9.09. The maximum Gasteiger partial charge on any atom is 0.314 e. The highest BCUT2D eigenvalue weighted by Gasteiger charge is 2.35. The summed E-state index contributed by atoms with van der Waals surface area (Å²) >= 11 is 0. The molecule has 4 heteroatoms. The van der Waals surface area contributed by atoms with Crippen LogP contribution >= 0.6 is 0 Å². The molecule has 0 aliphatic heterocycles. The summed E-state index contributed by atoms with van der Waals surface area (Å²) in [4.78, 5) is 17.6. The lowest BCUT2D eigenvalue weighted by molar-refractivity contribution is -0.158. The summed E-state index contributed by atoms with van der Waals surface area (Å²) in [5, 5.41) is 0. The smallest absolute Gasteiger partial charge is 0.314 e. The summed E-state index contributed by atoms with van der Waals surface area (Å²) in [5.74, 6) is 1.07. The van der Waals surface area contributed by atoms with Crippen LogP contribution in [0.3, 0.4) is 0 Å². The average molecular weight is 417 g/mol. The van der Waals surface area contributed by atoms with Crippen LogP contribution in [0.2, 0.25) is 0 Å². The van der Waals surface area contributed by atoms with Gasteiger partial charge in [0, 0.05) is 24.5 Å². The third-order valence-corrected chi connectivity index (χ3v) is 5.97. The molecule has 162 valence electrons. The molecule has 1 saturated carbocycles. The Morgan fingerprint density at radius 2 is 1.74 bits per heavy atom. The van der Waals surface area contributed by atoms with E-state index in [4.69, 9.17) is 4.74 Å². The van der Waals surface area contributed by atoms with Gasteiger partial charge in [0.05, 0.1) is 5.92 Å². The van der Waals surface area contributed by atoms with Crippen LogP contribution in [-0.2, 0) is 16.1 Å². The van der Waals surface area contributed by atoms with E-state index in [-0.39, 0.29) is 11.9 Å². The number of carbonyl (C=O) groups excluding carboxylic acids is 1. The Bertz CT molecular complexity index is 994. The van der Waals surface area contributed by atoms with Crippen LogP contribution in [0.25, 0.3) is 11.4 Å². The van der Waals surface area contributed by atoms with Crippen molar-refractivity contribution < 1.29 is 9.53 Å². The van der Waals surface area contributed by atoms with Crippen molar-refractivity contribution in [2.75, 3.05) is 0 Å². The summed E-state index contributed by atoms with van der Waals surface area (Å²) in [6, 6.07) is 18.7. The summed E-state index contributed by atoms with van der Waals surface area (Å²) in [6.07, 6.45) is 8.45. The zero-order valence-corrected chi connectivity index (χ0v) is 18.8. The summed E-state index contributed by atoms with van der Waals surface area (Å²) in [6.45, 7) is 6.56. The lowest BCUT2D eigenvalue weighted by Gasteiger charge is -2.27. The molecule has 1 atom stereocenters. The summed E-state index contributed by atoms with van der Waals surface area (Å²) < 4.78 is 7.95. The van der Waals surface area contributed by atoms with Crippen molar-refractivity contribution >= 4 is 5.97 Å². The molecule has 3 aromatic rings. The molecule has 1 fully saturated rings. The van der Waals surface area contributed by atoms with E-state index in [2.05, 4.69) is 45.9 Å². The largest absolute Gasteiger partial charge is 0.459 e. The first-order valence-corrected chi connectivity index (χ1v) is 11.3. The Hall–Kier alpha value is -2.88. The van der Waals surface area contributed by atoms with Crippen molar-refractivity contribution in [3.8, 4) is 11.4 Å². The molecule has 0 radical (unpaired) electrons. The third kappa shape index (κ3) is 5.25. The summed E-state index contributed by atoms with van der Waals surface area (Å²) in [5.41, 5.74) is 2.89. The van der Waals surface area contributed by atoms with Crippen LogP contribution in [0.1, 0.15) is 63.5 Å². The molecule has 0 spiro atoms. The fourth-order valence-electron chi connectivity index (χ4n) is 4.57. The third-order valence-electron chi connectivity index (χ3n) is 5.97. The van der Waals surface area contributed by atoms with Gasteiger partial charge in [-0.05, 0) is 50.7 Å². The first-order chi connectivity index (χ1) is 14.9. The number of ether oxygens (including phenoxy) is 1. The Labute approximate surface area is 185 Å². The van der Waals surface area contributed by atoms with E-state index in [1.807, 2.05) is 51.4 Å². The van der Waals surface area contributed by atoms with Gasteiger partial charge in [-0.15, -0.1) is 0 Å². The zero-order valence-electron chi connectivity index (χ0n) is 18.8. The highest BCUT2D eigenvalue weighted by Crippen LogP contribution is 2.39. The minimum absolute atomic E-state index is 0.0897. The number of hydrogen-bond donors (Lipinski definition) is 0. The number of hydrogen-bond acceptors (Lipinski definition) is 3. The van der Waals surface area contributed by atoms with Crippen LogP contribution in [0.15, 0.2) is 67.0 Å². The van der Waals surface area contributed by atoms with E-state index >= 15 is 0 Å². The fraction of sp³-hybridized carbons (Fsp3) is 0.407. The topological polar surface area (TPSA) is 44.1 Å². The molecule has 1 heterocycles. The zero-order chi connectivity index (χ0) is 21.8. The quantitative estimate of drug-likeness (QED) is 0.449. The first-order valence-electron chi connectivity index (χ1n) is 11.3. The predicted octanol–water partition coefficient (Wildman–Crippen LogP) is 6.21. The highest BCUT2D eigenvalue weighted by molar-refractivity contribution is 5.79. The standard InChI is InChI=1S/C27H32N2O2/c1-27(2,3)31-26(30)24(21-9-7-8-10-21)22-15-13-20(14-16-22)19-29-18-17-28-25(29)23-11-5-4-6-12-23/h4-6,11-18,21,24H,7-10,19H2,1-3H3. The molecule has 0 bridgehead atoms. The molecule has 2 aromatic carbocycles. The minimum atomic E-state index is -0.469. The molecule has 1 aliphatic rings. The number of esters is 1. The van der Waals surface area contributed by atoms with Gasteiger partial charge in [0.1, 0.15) is 11.4 Å². The molecule has 4 nitrogen and oxygen atoms in total. The van der Waals surface area contributed by atoms with Gasteiger partial charge < -0.3 is 9.30 Å². The first kappa shape index (κ1) is 21.4.